The van der Waals surface area contributed by atoms with Gasteiger partial charge in [0.2, 0.25) is 0 Å². The van der Waals surface area contributed by atoms with Gasteiger partial charge in [-0.15, -0.1) is 24.0 Å². The molecule has 2 rings (SSSR count). The Hall–Kier alpha value is -0.760. The Kier molecular flexibility index (Phi) is 7.22. The van der Waals surface area contributed by atoms with Crippen LogP contribution in [0.4, 0.5) is 0 Å². The van der Waals surface area contributed by atoms with Crippen molar-refractivity contribution in [3.63, 3.8) is 0 Å². The Labute approximate surface area is 127 Å². The largest absolute Gasteiger partial charge is 0.298 e. The van der Waals surface area contributed by atoms with Crippen LogP contribution < -0.4 is 0 Å². The number of hydrogen-bond acceptors (Lipinski definition) is 1. The summed E-state index contributed by atoms with van der Waals surface area (Å²) >= 11 is 5.87. The molecule has 0 atom stereocenters. The smallest absolute Gasteiger partial charge is 0.0351 e. The highest BCUT2D eigenvalue weighted by Crippen LogP contribution is 2.20. The van der Waals surface area contributed by atoms with E-state index in [0.717, 1.165) is 19.6 Å². The number of hydrogen-bond donors (Lipinski definition) is 0. The lowest BCUT2D eigenvalue weighted by Crippen LogP contribution is -2.26. The van der Waals surface area contributed by atoms with E-state index in [9.17, 15) is 0 Å². The van der Waals surface area contributed by atoms with Crippen LogP contribution in [-0.2, 0) is 6.54 Å². The van der Waals surface area contributed by atoms with Crippen LogP contribution in [0.25, 0.3) is 10.8 Å². The summed E-state index contributed by atoms with van der Waals surface area (Å²) in [4.78, 5) is 2.43. The van der Waals surface area contributed by atoms with Gasteiger partial charge in [-0.05, 0) is 29.3 Å². The minimum absolute atomic E-state index is 0. The second-order valence-electron chi connectivity index (χ2n) is 4.60. The van der Waals surface area contributed by atoms with E-state index in [1.165, 1.54) is 22.8 Å². The van der Waals surface area contributed by atoms with E-state index in [0.29, 0.717) is 5.88 Å². The molecule has 0 spiro atoms. The summed E-state index contributed by atoms with van der Waals surface area (Å²) in [5.74, 6) is 0.699. The molecule has 0 bridgehead atoms. The van der Waals surface area contributed by atoms with Crippen molar-refractivity contribution in [2.45, 2.75) is 19.9 Å². The first-order chi connectivity index (χ1) is 8.85. The molecule has 0 radical (unpaired) electrons. The zero-order valence-electron chi connectivity index (χ0n) is 11.3. The van der Waals surface area contributed by atoms with Crippen LogP contribution in [0.15, 0.2) is 42.5 Å². The molecule has 0 heterocycles. The maximum absolute atomic E-state index is 5.87. The molecule has 0 fully saturated rings. The maximum atomic E-state index is 5.87. The number of fused-ring (bicyclic) bond motifs is 1. The van der Waals surface area contributed by atoms with E-state index in [1.54, 1.807) is 0 Å². The molecule has 0 saturated heterocycles. The van der Waals surface area contributed by atoms with Crippen molar-refractivity contribution in [2.75, 3.05) is 19.0 Å². The highest BCUT2D eigenvalue weighted by molar-refractivity contribution is 6.18. The summed E-state index contributed by atoms with van der Waals surface area (Å²) in [6.45, 7) is 5.26. The van der Waals surface area contributed by atoms with Crippen LogP contribution in [0, 0.1) is 0 Å². The second kappa shape index (κ2) is 8.42. The second-order valence-corrected chi connectivity index (χ2v) is 4.98. The Balaban J connectivity index is 0.00000180. The van der Waals surface area contributed by atoms with Crippen LogP contribution in [-0.4, -0.2) is 23.9 Å². The molecule has 2 aromatic carbocycles. The van der Waals surface area contributed by atoms with Gasteiger partial charge in [0.05, 0.1) is 0 Å². The van der Waals surface area contributed by atoms with Gasteiger partial charge in [0.15, 0.2) is 0 Å². The first kappa shape index (κ1) is 16.3. The molecule has 19 heavy (non-hydrogen) atoms. The van der Waals surface area contributed by atoms with Crippen LogP contribution in [0.3, 0.4) is 0 Å². The van der Waals surface area contributed by atoms with Crippen molar-refractivity contribution in [3.05, 3.63) is 48.0 Å². The van der Waals surface area contributed by atoms with Crippen LogP contribution in [0.5, 0.6) is 0 Å². The van der Waals surface area contributed by atoms with Gasteiger partial charge in [0, 0.05) is 19.0 Å². The summed E-state index contributed by atoms with van der Waals surface area (Å²) in [7, 11) is 0. The fourth-order valence-electron chi connectivity index (χ4n) is 2.38. The molecule has 0 aliphatic heterocycles. The first-order valence-corrected chi connectivity index (χ1v) is 7.13. The van der Waals surface area contributed by atoms with Gasteiger partial charge >= 0.3 is 0 Å². The van der Waals surface area contributed by atoms with Crippen molar-refractivity contribution >= 4 is 34.8 Å². The summed E-state index contributed by atoms with van der Waals surface area (Å²) < 4.78 is 0. The minimum Gasteiger partial charge on any atom is -0.298 e. The van der Waals surface area contributed by atoms with Gasteiger partial charge < -0.3 is 0 Å². The maximum Gasteiger partial charge on any atom is 0.0351 e. The lowest BCUT2D eigenvalue weighted by atomic mass is 10.0. The summed E-state index contributed by atoms with van der Waals surface area (Å²) in [5.41, 5.74) is 1.40. The molecule has 0 saturated carbocycles. The van der Waals surface area contributed by atoms with E-state index in [1.807, 2.05) is 0 Å². The fraction of sp³-hybridized carbons (Fsp3) is 0.375. The summed E-state index contributed by atoms with van der Waals surface area (Å²) in [6, 6.07) is 15.1. The third kappa shape index (κ3) is 4.38. The van der Waals surface area contributed by atoms with Gasteiger partial charge in [0.1, 0.15) is 0 Å². The Morgan fingerprint density at radius 3 is 2.47 bits per heavy atom. The number of benzene rings is 2. The summed E-state index contributed by atoms with van der Waals surface area (Å²) in [5, 5.41) is 2.67. The SMILES string of the molecule is CCCN(CCCl)Cc1cccc2ccccc12.Cl. The predicted molar refractivity (Wildman–Crippen MR) is 87.5 cm³/mol. The Morgan fingerprint density at radius 2 is 1.74 bits per heavy atom. The molecule has 104 valence electrons. The van der Waals surface area contributed by atoms with Gasteiger partial charge in [-0.2, -0.15) is 0 Å². The van der Waals surface area contributed by atoms with Crippen molar-refractivity contribution in [1.82, 2.24) is 4.90 Å². The van der Waals surface area contributed by atoms with E-state index in [-0.39, 0.29) is 12.4 Å². The lowest BCUT2D eigenvalue weighted by Gasteiger charge is -2.21. The van der Waals surface area contributed by atoms with Crippen LogP contribution in [0.1, 0.15) is 18.9 Å². The molecule has 0 aliphatic rings. The minimum atomic E-state index is 0. The first-order valence-electron chi connectivity index (χ1n) is 6.60. The molecule has 1 nitrogen and oxygen atoms in total. The van der Waals surface area contributed by atoms with E-state index in [2.05, 4.69) is 54.3 Å². The van der Waals surface area contributed by atoms with E-state index in [4.69, 9.17) is 11.6 Å². The van der Waals surface area contributed by atoms with Gasteiger partial charge in [0.25, 0.3) is 0 Å². The molecule has 0 amide bonds. The zero-order chi connectivity index (χ0) is 12.8. The van der Waals surface area contributed by atoms with Crippen molar-refractivity contribution in [3.8, 4) is 0 Å². The topological polar surface area (TPSA) is 3.24 Å². The van der Waals surface area contributed by atoms with Crippen LogP contribution in [0.2, 0.25) is 0 Å². The predicted octanol–water partition coefficient (Wildman–Crippen LogP) is 4.71. The normalized spacial score (nSPS) is 10.7. The van der Waals surface area contributed by atoms with Crippen molar-refractivity contribution in [2.24, 2.45) is 0 Å². The van der Waals surface area contributed by atoms with Crippen molar-refractivity contribution < 1.29 is 0 Å². The number of rotatable bonds is 6. The quantitative estimate of drug-likeness (QED) is 0.698. The van der Waals surface area contributed by atoms with Crippen LogP contribution >= 0.6 is 24.0 Å². The highest BCUT2D eigenvalue weighted by Gasteiger charge is 2.06. The Morgan fingerprint density at radius 1 is 1.00 bits per heavy atom. The average molecular weight is 298 g/mol. The van der Waals surface area contributed by atoms with Gasteiger partial charge in [-0.25, -0.2) is 0 Å². The molecular weight excluding hydrogens is 277 g/mol. The Bertz CT molecular complexity index is 488. The number of nitrogens with zero attached hydrogens (tertiary/aromatic N) is 1. The molecule has 0 aromatic heterocycles. The third-order valence-electron chi connectivity index (χ3n) is 3.21. The number of alkyl halides is 1. The lowest BCUT2D eigenvalue weighted by molar-refractivity contribution is 0.283. The highest BCUT2D eigenvalue weighted by atomic mass is 35.5. The monoisotopic (exact) mass is 297 g/mol. The van der Waals surface area contributed by atoms with Gasteiger partial charge in [-0.1, -0.05) is 49.4 Å². The molecule has 0 aliphatic carbocycles. The molecule has 0 N–H and O–H groups in total. The summed E-state index contributed by atoms with van der Waals surface area (Å²) in [6.07, 6.45) is 1.17. The average Bonchev–Trinajstić information content (AvgIpc) is 2.40. The van der Waals surface area contributed by atoms with E-state index < -0.39 is 0 Å². The van der Waals surface area contributed by atoms with Gasteiger partial charge in [-0.3, -0.25) is 4.90 Å². The number of halogens is 2. The molecular formula is C16H21Cl2N. The van der Waals surface area contributed by atoms with Crippen molar-refractivity contribution in [1.29, 1.82) is 0 Å². The standard InChI is InChI=1S/C16H20ClN.ClH/c1-2-11-18(12-10-17)13-15-8-5-7-14-6-3-4-9-16(14)15;/h3-9H,2,10-13H2,1H3;1H. The molecule has 3 heteroatoms. The fourth-order valence-corrected chi connectivity index (χ4v) is 2.62. The molecule has 2 aromatic rings. The zero-order valence-corrected chi connectivity index (χ0v) is 12.9. The third-order valence-corrected chi connectivity index (χ3v) is 3.38. The molecule has 0 unspecified atom stereocenters. The van der Waals surface area contributed by atoms with E-state index >= 15 is 0 Å².